The molecule has 1 amide bonds. The molecule has 2 heterocycles. The van der Waals surface area contributed by atoms with Gasteiger partial charge in [-0.1, -0.05) is 12.1 Å². The maximum atomic E-state index is 12.7. The molecule has 3 unspecified atom stereocenters. The first-order valence-corrected chi connectivity index (χ1v) is 11.5. The summed E-state index contributed by atoms with van der Waals surface area (Å²) >= 11 is 0. The summed E-state index contributed by atoms with van der Waals surface area (Å²) in [7, 11) is 0. The molecule has 0 aliphatic carbocycles. The quantitative estimate of drug-likeness (QED) is 0.643. The fraction of sp³-hybridized carbons (Fsp3) is 0.370. The predicted octanol–water partition coefficient (Wildman–Crippen LogP) is 2.66. The molecule has 174 valence electrons. The standard InChI is InChI=1S/C27H28N4O3/c28-12-21-3-1-20(2-4-21)7-10-27(33)31-16-23-11-24(17-31)15-30(14-23)18-25(32)19-34-26-8-5-22(13-29)6-9-26/h1-10,23-25,32H,11,14-19H2. The van der Waals surface area contributed by atoms with Crippen LogP contribution < -0.4 is 4.74 Å². The highest BCUT2D eigenvalue weighted by molar-refractivity contribution is 5.91. The van der Waals surface area contributed by atoms with Crippen molar-refractivity contribution in [1.29, 1.82) is 10.5 Å². The minimum Gasteiger partial charge on any atom is -0.491 e. The van der Waals surface area contributed by atoms with E-state index in [0.717, 1.165) is 38.2 Å². The number of fused-ring (bicyclic) bond motifs is 2. The number of β-amino-alcohol motifs (C(OH)–C–C–N with tert-alkyl or cyclic N) is 1. The van der Waals surface area contributed by atoms with Gasteiger partial charge in [0.25, 0.3) is 0 Å². The first kappa shape index (κ1) is 23.5. The first-order chi connectivity index (χ1) is 16.5. The van der Waals surface area contributed by atoms with Crippen LogP contribution in [0.25, 0.3) is 6.08 Å². The summed E-state index contributed by atoms with van der Waals surface area (Å²) < 4.78 is 5.67. The van der Waals surface area contributed by atoms with Gasteiger partial charge in [-0.15, -0.1) is 0 Å². The van der Waals surface area contributed by atoms with Crippen LogP contribution in [-0.2, 0) is 4.79 Å². The van der Waals surface area contributed by atoms with Crippen LogP contribution in [0.5, 0.6) is 5.75 Å². The number of aliphatic hydroxyl groups excluding tert-OH is 1. The Kier molecular flexibility index (Phi) is 7.59. The van der Waals surface area contributed by atoms with E-state index in [1.807, 2.05) is 17.0 Å². The van der Waals surface area contributed by atoms with Gasteiger partial charge < -0.3 is 14.7 Å². The number of likely N-dealkylation sites (tertiary alicyclic amines) is 2. The molecule has 2 bridgehead atoms. The second-order valence-corrected chi connectivity index (χ2v) is 9.10. The molecule has 2 aromatic carbocycles. The van der Waals surface area contributed by atoms with Gasteiger partial charge in [0, 0.05) is 38.8 Å². The molecule has 1 N–H and O–H groups in total. The normalized spacial score (nSPS) is 21.0. The fourth-order valence-corrected chi connectivity index (χ4v) is 4.83. The van der Waals surface area contributed by atoms with E-state index in [1.165, 1.54) is 0 Å². The number of aliphatic hydroxyl groups is 1. The van der Waals surface area contributed by atoms with E-state index in [-0.39, 0.29) is 12.5 Å². The third-order valence-electron chi connectivity index (χ3n) is 6.32. The Balaban J connectivity index is 1.23. The van der Waals surface area contributed by atoms with Gasteiger partial charge in [-0.2, -0.15) is 10.5 Å². The average Bonchev–Trinajstić information content (AvgIpc) is 2.86. The highest BCUT2D eigenvalue weighted by atomic mass is 16.5. The van der Waals surface area contributed by atoms with Gasteiger partial charge in [0.05, 0.1) is 23.3 Å². The van der Waals surface area contributed by atoms with Gasteiger partial charge >= 0.3 is 0 Å². The summed E-state index contributed by atoms with van der Waals surface area (Å²) in [4.78, 5) is 17.0. The minimum atomic E-state index is -0.609. The molecule has 7 heteroatoms. The summed E-state index contributed by atoms with van der Waals surface area (Å²) in [5, 5.41) is 28.2. The number of hydrogen-bond acceptors (Lipinski definition) is 6. The molecule has 2 aromatic rings. The number of carbonyl (C=O) groups is 1. The highest BCUT2D eigenvalue weighted by Gasteiger charge is 2.35. The Morgan fingerprint density at radius 3 is 2.18 bits per heavy atom. The molecule has 3 atom stereocenters. The topological polar surface area (TPSA) is 101 Å². The maximum absolute atomic E-state index is 12.7. The molecular weight excluding hydrogens is 428 g/mol. The van der Waals surface area contributed by atoms with Crippen molar-refractivity contribution in [2.45, 2.75) is 12.5 Å². The summed E-state index contributed by atoms with van der Waals surface area (Å²) in [6.45, 7) is 3.89. The van der Waals surface area contributed by atoms with Crippen molar-refractivity contribution in [3.05, 3.63) is 71.3 Å². The van der Waals surface area contributed by atoms with Crippen molar-refractivity contribution in [1.82, 2.24) is 9.80 Å². The molecule has 0 aromatic heterocycles. The van der Waals surface area contributed by atoms with Crippen molar-refractivity contribution >= 4 is 12.0 Å². The van der Waals surface area contributed by atoms with E-state index in [0.29, 0.717) is 35.3 Å². The molecule has 34 heavy (non-hydrogen) atoms. The average molecular weight is 457 g/mol. The number of rotatable bonds is 7. The lowest BCUT2D eigenvalue weighted by atomic mass is 9.84. The molecule has 0 radical (unpaired) electrons. The number of carbonyl (C=O) groups excluding carboxylic acids is 1. The molecule has 0 saturated carbocycles. The van der Waals surface area contributed by atoms with Gasteiger partial charge in [0.15, 0.2) is 0 Å². The Morgan fingerprint density at radius 1 is 1.00 bits per heavy atom. The smallest absolute Gasteiger partial charge is 0.246 e. The van der Waals surface area contributed by atoms with Crippen LogP contribution in [0.2, 0.25) is 0 Å². The van der Waals surface area contributed by atoms with E-state index in [1.54, 1.807) is 48.6 Å². The van der Waals surface area contributed by atoms with Crippen molar-refractivity contribution in [2.75, 3.05) is 39.3 Å². The van der Waals surface area contributed by atoms with Gasteiger partial charge in [0.2, 0.25) is 5.91 Å². The lowest BCUT2D eigenvalue weighted by Gasteiger charge is -2.46. The second-order valence-electron chi connectivity index (χ2n) is 9.10. The molecule has 2 fully saturated rings. The van der Waals surface area contributed by atoms with Crippen molar-refractivity contribution in [3.8, 4) is 17.9 Å². The SMILES string of the molecule is N#Cc1ccc(C=CC(=O)N2CC3CC(CN(CC(O)COc4ccc(C#N)cc4)C3)C2)cc1. The number of hydrogen-bond donors (Lipinski definition) is 1. The van der Waals surface area contributed by atoms with Gasteiger partial charge in [-0.05, 0) is 66.3 Å². The van der Waals surface area contributed by atoms with Gasteiger partial charge in [0.1, 0.15) is 18.5 Å². The van der Waals surface area contributed by atoms with Crippen LogP contribution in [0.4, 0.5) is 0 Å². The molecule has 0 spiro atoms. The van der Waals surface area contributed by atoms with E-state index in [2.05, 4.69) is 17.0 Å². The molecular formula is C27H28N4O3. The lowest BCUT2D eigenvalue weighted by Crippen LogP contribution is -2.55. The number of benzene rings is 2. The summed E-state index contributed by atoms with van der Waals surface area (Å²) in [5.74, 6) is 1.44. The largest absolute Gasteiger partial charge is 0.491 e. The first-order valence-electron chi connectivity index (χ1n) is 11.5. The number of nitrogens with zero attached hydrogens (tertiary/aromatic N) is 4. The van der Waals surface area contributed by atoms with E-state index in [9.17, 15) is 9.90 Å². The summed E-state index contributed by atoms with van der Waals surface area (Å²) in [6, 6.07) is 18.2. The maximum Gasteiger partial charge on any atom is 0.246 e. The number of ether oxygens (including phenoxy) is 1. The van der Waals surface area contributed by atoms with Crippen LogP contribution in [-0.4, -0.2) is 66.2 Å². The van der Waals surface area contributed by atoms with Crippen molar-refractivity contribution in [3.63, 3.8) is 0 Å². The lowest BCUT2D eigenvalue weighted by molar-refractivity contribution is -0.130. The van der Waals surface area contributed by atoms with Crippen LogP contribution in [0.1, 0.15) is 23.1 Å². The number of nitriles is 2. The third kappa shape index (κ3) is 6.23. The zero-order valence-electron chi connectivity index (χ0n) is 19.0. The number of piperidine rings is 2. The zero-order valence-corrected chi connectivity index (χ0v) is 19.0. The van der Waals surface area contributed by atoms with Gasteiger partial charge in [-0.25, -0.2) is 0 Å². The minimum absolute atomic E-state index is 0.0170. The number of amides is 1. The summed E-state index contributed by atoms with van der Waals surface area (Å²) in [5.41, 5.74) is 2.07. The summed E-state index contributed by atoms with van der Waals surface area (Å²) in [6.07, 6.45) is 3.91. The van der Waals surface area contributed by atoms with E-state index < -0.39 is 6.10 Å². The second kappa shape index (κ2) is 11.0. The Morgan fingerprint density at radius 2 is 1.59 bits per heavy atom. The van der Waals surface area contributed by atoms with E-state index >= 15 is 0 Å². The fourth-order valence-electron chi connectivity index (χ4n) is 4.83. The van der Waals surface area contributed by atoms with Crippen LogP contribution >= 0.6 is 0 Å². The Bertz CT molecular complexity index is 1080. The highest BCUT2D eigenvalue weighted by Crippen LogP contribution is 2.29. The molecule has 7 nitrogen and oxygen atoms in total. The molecule has 4 rings (SSSR count). The Hall–Kier alpha value is -3.65. The van der Waals surface area contributed by atoms with Crippen molar-refractivity contribution < 1.29 is 14.6 Å². The third-order valence-corrected chi connectivity index (χ3v) is 6.32. The van der Waals surface area contributed by atoms with Crippen LogP contribution in [0, 0.1) is 34.5 Å². The van der Waals surface area contributed by atoms with Crippen LogP contribution in [0.15, 0.2) is 54.6 Å². The Labute approximate surface area is 200 Å². The predicted molar refractivity (Wildman–Crippen MR) is 127 cm³/mol. The molecule has 2 aliphatic rings. The van der Waals surface area contributed by atoms with Gasteiger partial charge in [-0.3, -0.25) is 9.69 Å². The van der Waals surface area contributed by atoms with E-state index in [4.69, 9.17) is 15.3 Å². The monoisotopic (exact) mass is 456 g/mol. The van der Waals surface area contributed by atoms with Crippen LogP contribution in [0.3, 0.4) is 0 Å². The zero-order chi connectivity index (χ0) is 23.9. The molecule has 2 saturated heterocycles. The van der Waals surface area contributed by atoms with Crippen molar-refractivity contribution in [2.24, 2.45) is 11.8 Å². The molecule has 2 aliphatic heterocycles.